The van der Waals surface area contributed by atoms with E-state index in [0.29, 0.717) is 10.4 Å². The quantitative estimate of drug-likeness (QED) is 0.653. The summed E-state index contributed by atoms with van der Waals surface area (Å²) in [6, 6.07) is 6.97. The number of primary sulfonamides is 1. The van der Waals surface area contributed by atoms with Crippen molar-refractivity contribution < 1.29 is 18.0 Å². The molecule has 1 heterocycles. The Morgan fingerprint density at radius 1 is 1.24 bits per heavy atom. The number of sulfonamides is 1. The molecule has 0 radical (unpaired) electrons. The van der Waals surface area contributed by atoms with Crippen LogP contribution in [0.5, 0.6) is 0 Å². The topological polar surface area (TPSA) is 118 Å². The third-order valence-electron chi connectivity index (χ3n) is 3.30. The number of hydrogen-bond donors (Lipinski definition) is 3. The first-order valence-corrected chi connectivity index (χ1v) is 10.2. The van der Waals surface area contributed by atoms with Crippen LogP contribution in [0.4, 0.5) is 5.69 Å². The molecule has 0 spiro atoms. The van der Waals surface area contributed by atoms with Crippen molar-refractivity contribution in [2.45, 2.75) is 24.8 Å². The van der Waals surface area contributed by atoms with E-state index in [1.807, 2.05) is 0 Å². The fraction of sp³-hybridized carbons (Fsp3) is 0.200. The zero-order valence-corrected chi connectivity index (χ0v) is 16.6. The highest BCUT2D eigenvalue weighted by Crippen LogP contribution is 2.22. The van der Waals surface area contributed by atoms with Gasteiger partial charge in [-0.25, -0.2) is 13.6 Å². The molecule has 1 atom stereocenters. The van der Waals surface area contributed by atoms with E-state index >= 15 is 0 Å². The molecule has 2 amide bonds. The molecule has 2 rings (SSSR count). The highest BCUT2D eigenvalue weighted by Gasteiger charge is 2.19. The van der Waals surface area contributed by atoms with Crippen molar-refractivity contribution in [3.63, 3.8) is 0 Å². The second-order valence-electron chi connectivity index (χ2n) is 5.31. The van der Waals surface area contributed by atoms with Gasteiger partial charge in [0.15, 0.2) is 0 Å². The minimum Gasteiger partial charge on any atom is -0.340 e. The molecule has 7 nitrogen and oxygen atoms in total. The Morgan fingerprint density at radius 3 is 2.48 bits per heavy atom. The number of amides is 2. The lowest BCUT2D eigenvalue weighted by molar-refractivity contribution is -0.117. The molecule has 0 saturated heterocycles. The summed E-state index contributed by atoms with van der Waals surface area (Å²) in [6.07, 6.45) is 0. The Kier molecular flexibility index (Phi) is 5.99. The molecule has 2 aromatic rings. The van der Waals surface area contributed by atoms with Gasteiger partial charge >= 0.3 is 0 Å². The second-order valence-corrected chi connectivity index (χ2v) is 9.31. The average Bonchev–Trinajstić information content (AvgIpc) is 2.94. The van der Waals surface area contributed by atoms with Crippen molar-refractivity contribution in [2.75, 3.05) is 5.32 Å². The van der Waals surface area contributed by atoms with E-state index in [2.05, 4.69) is 26.6 Å². The Hall–Kier alpha value is -1.75. The minimum absolute atomic E-state index is 0.0644. The first-order chi connectivity index (χ1) is 11.6. The molecular formula is C15H16BrN3O4S2. The van der Waals surface area contributed by atoms with Gasteiger partial charge in [0.05, 0.1) is 13.6 Å². The number of benzene rings is 1. The van der Waals surface area contributed by atoms with Crippen LogP contribution in [0.1, 0.15) is 22.2 Å². The van der Waals surface area contributed by atoms with Gasteiger partial charge in [-0.2, -0.15) is 0 Å². The van der Waals surface area contributed by atoms with Gasteiger partial charge in [-0.3, -0.25) is 9.59 Å². The van der Waals surface area contributed by atoms with Gasteiger partial charge in [0.25, 0.3) is 5.91 Å². The molecule has 0 aliphatic rings. The molecule has 134 valence electrons. The fourth-order valence-corrected chi connectivity index (χ4v) is 4.10. The Labute approximate surface area is 157 Å². The predicted molar refractivity (Wildman–Crippen MR) is 100 cm³/mol. The molecule has 10 heteroatoms. The van der Waals surface area contributed by atoms with Crippen LogP contribution < -0.4 is 15.8 Å². The molecule has 0 aliphatic carbocycles. The number of carbonyl (C=O) groups is 2. The fourth-order valence-electron chi connectivity index (χ4n) is 2.00. The van der Waals surface area contributed by atoms with Crippen LogP contribution in [0.25, 0.3) is 0 Å². The van der Waals surface area contributed by atoms with E-state index in [0.717, 1.165) is 3.79 Å². The van der Waals surface area contributed by atoms with Crippen LogP contribution in [-0.4, -0.2) is 26.3 Å². The number of rotatable bonds is 5. The molecule has 0 aliphatic heterocycles. The lowest BCUT2D eigenvalue weighted by atomic mass is 10.2. The van der Waals surface area contributed by atoms with Crippen molar-refractivity contribution in [1.29, 1.82) is 0 Å². The summed E-state index contributed by atoms with van der Waals surface area (Å²) < 4.78 is 23.9. The van der Waals surface area contributed by atoms with Crippen LogP contribution in [0.3, 0.4) is 0 Å². The van der Waals surface area contributed by atoms with Gasteiger partial charge in [-0.15, -0.1) is 11.3 Å². The smallest absolute Gasteiger partial charge is 0.262 e. The van der Waals surface area contributed by atoms with Crippen LogP contribution >= 0.6 is 27.3 Å². The maximum absolute atomic E-state index is 12.2. The van der Waals surface area contributed by atoms with Crippen molar-refractivity contribution in [2.24, 2.45) is 5.14 Å². The van der Waals surface area contributed by atoms with E-state index in [-0.39, 0.29) is 16.5 Å². The van der Waals surface area contributed by atoms with E-state index in [9.17, 15) is 18.0 Å². The molecule has 0 fully saturated rings. The first-order valence-electron chi connectivity index (χ1n) is 7.08. The van der Waals surface area contributed by atoms with Crippen molar-refractivity contribution in [3.8, 4) is 0 Å². The highest BCUT2D eigenvalue weighted by atomic mass is 79.9. The van der Waals surface area contributed by atoms with Gasteiger partial charge in [0.2, 0.25) is 15.9 Å². The summed E-state index contributed by atoms with van der Waals surface area (Å²) in [4.78, 5) is 24.7. The summed E-state index contributed by atoms with van der Waals surface area (Å²) in [5, 5.41) is 10.3. The third-order valence-corrected chi connectivity index (χ3v) is 5.98. The van der Waals surface area contributed by atoms with E-state index < -0.39 is 22.0 Å². The number of aryl methyl sites for hydroxylation is 1. The van der Waals surface area contributed by atoms with Gasteiger partial charge in [-0.1, -0.05) is 6.07 Å². The lowest BCUT2D eigenvalue weighted by Gasteiger charge is -2.14. The largest absolute Gasteiger partial charge is 0.340 e. The summed E-state index contributed by atoms with van der Waals surface area (Å²) in [7, 11) is -3.89. The Balaban J connectivity index is 2.07. The molecule has 1 unspecified atom stereocenters. The predicted octanol–water partition coefficient (Wildman–Crippen LogP) is 2.22. The molecule has 1 aromatic carbocycles. The minimum atomic E-state index is -3.89. The zero-order valence-electron chi connectivity index (χ0n) is 13.4. The zero-order chi connectivity index (χ0) is 18.8. The van der Waals surface area contributed by atoms with Crippen molar-refractivity contribution in [1.82, 2.24) is 5.32 Å². The van der Waals surface area contributed by atoms with Crippen LogP contribution in [0.2, 0.25) is 0 Å². The highest BCUT2D eigenvalue weighted by molar-refractivity contribution is 9.11. The van der Waals surface area contributed by atoms with Crippen LogP contribution in [-0.2, 0) is 14.8 Å². The number of nitrogens with two attached hydrogens (primary N) is 1. The number of hydrogen-bond acceptors (Lipinski definition) is 5. The summed E-state index contributed by atoms with van der Waals surface area (Å²) in [6.45, 7) is 3.14. The number of halogens is 1. The normalized spacial score (nSPS) is 12.5. The second kappa shape index (κ2) is 7.65. The van der Waals surface area contributed by atoms with Gasteiger partial charge in [-0.05, 0) is 59.6 Å². The van der Waals surface area contributed by atoms with E-state index in [1.54, 1.807) is 31.2 Å². The van der Waals surface area contributed by atoms with Crippen LogP contribution in [0, 0.1) is 6.92 Å². The molecular weight excluding hydrogens is 430 g/mol. The number of carbonyl (C=O) groups excluding carboxylic acids is 2. The monoisotopic (exact) mass is 445 g/mol. The number of nitrogens with one attached hydrogen (secondary N) is 2. The number of anilines is 1. The molecule has 25 heavy (non-hydrogen) atoms. The van der Waals surface area contributed by atoms with Gasteiger partial charge < -0.3 is 10.6 Å². The summed E-state index contributed by atoms with van der Waals surface area (Å²) >= 11 is 4.52. The summed E-state index contributed by atoms with van der Waals surface area (Å²) in [5.74, 6) is -0.847. The van der Waals surface area contributed by atoms with E-state index in [1.165, 1.54) is 24.3 Å². The first kappa shape index (κ1) is 19.6. The molecule has 0 bridgehead atoms. The van der Waals surface area contributed by atoms with Gasteiger partial charge in [0.1, 0.15) is 6.04 Å². The average molecular weight is 446 g/mol. The Bertz CT molecular complexity index is 925. The molecule has 1 aromatic heterocycles. The van der Waals surface area contributed by atoms with Crippen molar-refractivity contribution in [3.05, 3.63) is 44.6 Å². The third kappa shape index (κ3) is 5.11. The Morgan fingerprint density at radius 2 is 1.92 bits per heavy atom. The lowest BCUT2D eigenvalue weighted by Crippen LogP contribution is -2.41. The SMILES string of the molecule is Cc1ccc(NC(=O)C(C)NC(=O)c2ccc(Br)s2)cc1S(N)(=O)=O. The van der Waals surface area contributed by atoms with Crippen LogP contribution in [0.15, 0.2) is 39.0 Å². The maximum Gasteiger partial charge on any atom is 0.262 e. The van der Waals surface area contributed by atoms with Gasteiger partial charge in [0, 0.05) is 5.69 Å². The maximum atomic E-state index is 12.2. The van der Waals surface area contributed by atoms with Crippen molar-refractivity contribution >= 4 is 54.8 Å². The molecule has 4 N–H and O–H groups in total. The number of thiophene rings is 1. The molecule has 0 saturated carbocycles. The standard InChI is InChI=1S/C15H16BrN3O4S2/c1-8-3-4-10(7-12(8)25(17,22)23)19-14(20)9(2)18-15(21)11-5-6-13(16)24-11/h3-7,9H,1-2H3,(H,18,21)(H,19,20)(H2,17,22,23). The summed E-state index contributed by atoms with van der Waals surface area (Å²) in [5.41, 5.74) is 0.754. The van der Waals surface area contributed by atoms with E-state index in [4.69, 9.17) is 5.14 Å².